The summed E-state index contributed by atoms with van der Waals surface area (Å²) < 4.78 is 28.6. The quantitative estimate of drug-likeness (QED) is 0.922. The molecule has 19 heavy (non-hydrogen) atoms. The molecular weight excluding hydrogens is 262 g/mol. The van der Waals surface area contributed by atoms with Crippen LogP contribution in [0.15, 0.2) is 35.4 Å². The molecule has 2 rings (SSSR count). The van der Waals surface area contributed by atoms with Gasteiger partial charge in [0.15, 0.2) is 0 Å². The normalized spacial score (nSPS) is 11.7. The van der Waals surface area contributed by atoms with Crippen LogP contribution in [0.25, 0.3) is 0 Å². The molecule has 0 saturated heterocycles. The van der Waals surface area contributed by atoms with Gasteiger partial charge in [0.25, 0.3) is 0 Å². The lowest BCUT2D eigenvalue weighted by molar-refractivity contribution is 0.579. The van der Waals surface area contributed by atoms with Crippen LogP contribution in [0, 0.1) is 13.8 Å². The molecule has 0 aliphatic heterocycles. The molecule has 0 unspecified atom stereocenters. The van der Waals surface area contributed by atoms with Crippen LogP contribution in [-0.2, 0) is 23.6 Å². The average Bonchev–Trinajstić information content (AvgIpc) is 2.72. The van der Waals surface area contributed by atoms with Crippen molar-refractivity contribution in [2.24, 2.45) is 7.05 Å². The number of benzene rings is 1. The third-order valence-electron chi connectivity index (χ3n) is 2.83. The first-order valence-corrected chi connectivity index (χ1v) is 7.42. The van der Waals surface area contributed by atoms with Crippen molar-refractivity contribution >= 4 is 10.0 Å². The molecular formula is C13H17N3O2S. The molecule has 5 nitrogen and oxygen atoms in total. The number of rotatable bonds is 4. The van der Waals surface area contributed by atoms with E-state index < -0.39 is 10.0 Å². The lowest BCUT2D eigenvalue weighted by Crippen LogP contribution is -2.24. The van der Waals surface area contributed by atoms with Gasteiger partial charge in [-0.3, -0.25) is 4.68 Å². The third kappa shape index (κ3) is 3.21. The summed E-state index contributed by atoms with van der Waals surface area (Å²) in [6.07, 6.45) is 1.78. The molecule has 0 fully saturated rings. The Morgan fingerprint density at radius 3 is 2.58 bits per heavy atom. The molecule has 2 aromatic rings. The minimum Gasteiger partial charge on any atom is -0.276 e. The van der Waals surface area contributed by atoms with Crippen molar-refractivity contribution in [3.05, 3.63) is 47.3 Å². The third-order valence-corrected chi connectivity index (χ3v) is 4.39. The van der Waals surface area contributed by atoms with Crippen molar-refractivity contribution in [3.63, 3.8) is 0 Å². The highest BCUT2D eigenvalue weighted by Gasteiger charge is 2.16. The Morgan fingerprint density at radius 1 is 1.26 bits per heavy atom. The van der Waals surface area contributed by atoms with Crippen molar-refractivity contribution in [2.45, 2.75) is 25.3 Å². The summed E-state index contributed by atoms with van der Waals surface area (Å²) in [5.41, 5.74) is 2.48. The molecule has 0 bridgehead atoms. The first kappa shape index (κ1) is 13.8. The smallest absolute Gasteiger partial charge is 0.241 e. The van der Waals surface area contributed by atoms with Gasteiger partial charge in [-0.1, -0.05) is 17.7 Å². The lowest BCUT2D eigenvalue weighted by Gasteiger charge is -2.09. The molecule has 1 aromatic heterocycles. The number of aryl methyl sites for hydroxylation is 3. The fourth-order valence-electron chi connectivity index (χ4n) is 1.91. The molecule has 0 saturated carbocycles. The van der Waals surface area contributed by atoms with Gasteiger partial charge < -0.3 is 0 Å². The summed E-state index contributed by atoms with van der Waals surface area (Å²) in [6.45, 7) is 3.92. The minimum atomic E-state index is -3.50. The van der Waals surface area contributed by atoms with E-state index in [-0.39, 0.29) is 6.54 Å². The molecule has 1 N–H and O–H groups in total. The first-order valence-electron chi connectivity index (χ1n) is 5.94. The zero-order valence-electron chi connectivity index (χ0n) is 11.2. The molecule has 0 aliphatic carbocycles. The zero-order chi connectivity index (χ0) is 14.0. The average molecular weight is 279 g/mol. The largest absolute Gasteiger partial charge is 0.276 e. The summed E-state index contributed by atoms with van der Waals surface area (Å²) in [5, 5.41) is 4.13. The number of hydrogen-bond acceptors (Lipinski definition) is 3. The fraction of sp³-hybridized carbons (Fsp3) is 0.308. The minimum absolute atomic E-state index is 0.191. The number of nitrogens with one attached hydrogen (secondary N) is 1. The summed E-state index contributed by atoms with van der Waals surface area (Å²) in [4.78, 5) is 0.314. The van der Waals surface area contributed by atoms with E-state index in [4.69, 9.17) is 0 Å². The van der Waals surface area contributed by atoms with E-state index >= 15 is 0 Å². The van der Waals surface area contributed by atoms with Crippen LogP contribution in [0.3, 0.4) is 0 Å². The van der Waals surface area contributed by atoms with E-state index in [2.05, 4.69) is 9.82 Å². The first-order chi connectivity index (χ1) is 8.88. The van der Waals surface area contributed by atoms with Crippen LogP contribution in [0.5, 0.6) is 0 Å². The Bertz CT molecular complexity index is 690. The van der Waals surface area contributed by atoms with Gasteiger partial charge in [0.1, 0.15) is 0 Å². The highest BCUT2D eigenvalue weighted by atomic mass is 32.2. The number of nitrogens with zero attached hydrogens (tertiary/aromatic N) is 2. The van der Waals surface area contributed by atoms with Gasteiger partial charge in [0.2, 0.25) is 10.0 Å². The van der Waals surface area contributed by atoms with Gasteiger partial charge in [-0.15, -0.1) is 0 Å². The van der Waals surface area contributed by atoms with Crippen molar-refractivity contribution in [1.29, 1.82) is 0 Å². The Kier molecular flexibility index (Phi) is 3.73. The highest BCUT2D eigenvalue weighted by molar-refractivity contribution is 7.89. The van der Waals surface area contributed by atoms with Crippen LogP contribution in [0.2, 0.25) is 0 Å². The topological polar surface area (TPSA) is 64.0 Å². The van der Waals surface area contributed by atoms with Crippen LogP contribution in [-0.4, -0.2) is 18.2 Å². The number of aromatic nitrogens is 2. The predicted molar refractivity (Wildman–Crippen MR) is 73.1 cm³/mol. The van der Waals surface area contributed by atoms with Gasteiger partial charge in [0, 0.05) is 13.2 Å². The molecule has 1 heterocycles. The molecule has 0 atom stereocenters. The van der Waals surface area contributed by atoms with Gasteiger partial charge in [-0.05, 0) is 31.5 Å². The zero-order valence-corrected chi connectivity index (χ0v) is 12.0. The molecule has 0 spiro atoms. The lowest BCUT2D eigenvalue weighted by atomic mass is 10.2. The molecule has 6 heteroatoms. The van der Waals surface area contributed by atoms with Crippen molar-refractivity contribution in [1.82, 2.24) is 14.5 Å². The Labute approximate surface area is 113 Å². The van der Waals surface area contributed by atoms with Gasteiger partial charge in [-0.2, -0.15) is 5.10 Å². The van der Waals surface area contributed by atoms with E-state index in [1.54, 1.807) is 43.0 Å². The second kappa shape index (κ2) is 5.14. The summed E-state index contributed by atoms with van der Waals surface area (Å²) >= 11 is 0. The van der Waals surface area contributed by atoms with Crippen molar-refractivity contribution in [3.8, 4) is 0 Å². The summed E-state index contributed by atoms with van der Waals surface area (Å²) in [5.74, 6) is 0. The van der Waals surface area contributed by atoms with Crippen LogP contribution in [0.4, 0.5) is 0 Å². The van der Waals surface area contributed by atoms with Crippen molar-refractivity contribution < 1.29 is 8.42 Å². The molecule has 0 radical (unpaired) electrons. The molecule has 102 valence electrons. The number of hydrogen-bond donors (Lipinski definition) is 1. The van der Waals surface area contributed by atoms with Crippen LogP contribution in [0.1, 0.15) is 16.8 Å². The SMILES string of the molecule is Cc1ccc(S(=O)(=O)NCc2ccn(C)n2)c(C)c1. The molecule has 0 amide bonds. The summed E-state index contributed by atoms with van der Waals surface area (Å²) in [7, 11) is -1.70. The maximum Gasteiger partial charge on any atom is 0.241 e. The maximum atomic E-state index is 12.2. The van der Waals surface area contributed by atoms with Gasteiger partial charge in [0.05, 0.1) is 17.1 Å². The standard InChI is InChI=1S/C13H17N3O2S/c1-10-4-5-13(11(2)8-10)19(17,18)14-9-12-6-7-16(3)15-12/h4-8,14H,9H2,1-3H3. The van der Waals surface area contributed by atoms with Crippen molar-refractivity contribution in [2.75, 3.05) is 0 Å². The van der Waals surface area contributed by atoms with E-state index in [9.17, 15) is 8.42 Å². The number of sulfonamides is 1. The Hall–Kier alpha value is -1.66. The summed E-state index contributed by atoms with van der Waals surface area (Å²) in [6, 6.07) is 7.06. The molecule has 1 aromatic carbocycles. The second-order valence-corrected chi connectivity index (χ2v) is 6.31. The fourth-order valence-corrected chi connectivity index (χ4v) is 3.13. The van der Waals surface area contributed by atoms with Crippen LogP contribution < -0.4 is 4.72 Å². The van der Waals surface area contributed by atoms with Gasteiger partial charge in [-0.25, -0.2) is 13.1 Å². The predicted octanol–water partition coefficient (Wildman–Crippen LogP) is 1.52. The molecule has 0 aliphatic rings. The van der Waals surface area contributed by atoms with E-state index in [0.717, 1.165) is 11.1 Å². The van der Waals surface area contributed by atoms with E-state index in [0.29, 0.717) is 10.6 Å². The van der Waals surface area contributed by atoms with E-state index in [1.165, 1.54) is 0 Å². The monoisotopic (exact) mass is 279 g/mol. The Morgan fingerprint density at radius 2 is 2.00 bits per heavy atom. The Balaban J connectivity index is 2.18. The highest BCUT2D eigenvalue weighted by Crippen LogP contribution is 2.16. The second-order valence-electron chi connectivity index (χ2n) is 4.57. The van der Waals surface area contributed by atoms with Crippen LogP contribution >= 0.6 is 0 Å². The van der Waals surface area contributed by atoms with E-state index in [1.807, 2.05) is 13.0 Å². The van der Waals surface area contributed by atoms with Gasteiger partial charge >= 0.3 is 0 Å². The maximum absolute atomic E-state index is 12.2.